The Hall–Kier alpha value is -1.63. The number of guanidine groups is 1. The zero-order valence-electron chi connectivity index (χ0n) is 13.5. The standard InChI is InChI=1S/C15H26N6O/c1-11-18-14(20-22-11)9-17-15(16-2)19-12-7-8-21(10-12)13-5-3-4-6-13/h12-13H,3-10H2,1-2H3,(H2,16,17,19). The first-order valence-corrected chi connectivity index (χ1v) is 8.25. The van der Waals surface area contributed by atoms with Crippen molar-refractivity contribution in [3.05, 3.63) is 11.7 Å². The molecular weight excluding hydrogens is 280 g/mol. The molecule has 1 aromatic heterocycles. The van der Waals surface area contributed by atoms with Gasteiger partial charge in [-0.3, -0.25) is 9.89 Å². The number of nitrogens with zero attached hydrogens (tertiary/aromatic N) is 4. The molecule has 1 saturated carbocycles. The van der Waals surface area contributed by atoms with E-state index in [1.54, 1.807) is 14.0 Å². The molecule has 1 saturated heterocycles. The van der Waals surface area contributed by atoms with Crippen molar-refractivity contribution in [1.29, 1.82) is 0 Å². The molecule has 3 rings (SSSR count). The van der Waals surface area contributed by atoms with Gasteiger partial charge in [-0.05, 0) is 19.3 Å². The van der Waals surface area contributed by atoms with E-state index in [1.165, 1.54) is 38.6 Å². The fraction of sp³-hybridized carbons (Fsp3) is 0.800. The number of nitrogens with one attached hydrogen (secondary N) is 2. The predicted octanol–water partition coefficient (Wildman–Crippen LogP) is 1.06. The van der Waals surface area contributed by atoms with Gasteiger partial charge in [-0.25, -0.2) is 0 Å². The summed E-state index contributed by atoms with van der Waals surface area (Å²) in [6.07, 6.45) is 6.71. The Balaban J connectivity index is 1.44. The first-order chi connectivity index (χ1) is 10.7. The first kappa shape index (κ1) is 15.3. The second-order valence-corrected chi connectivity index (χ2v) is 6.22. The second kappa shape index (κ2) is 7.09. The second-order valence-electron chi connectivity index (χ2n) is 6.22. The zero-order chi connectivity index (χ0) is 15.4. The van der Waals surface area contributed by atoms with Gasteiger partial charge in [-0.15, -0.1) is 0 Å². The molecule has 1 aromatic rings. The molecule has 2 N–H and O–H groups in total. The van der Waals surface area contributed by atoms with Crippen LogP contribution in [0.5, 0.6) is 0 Å². The quantitative estimate of drug-likeness (QED) is 0.640. The van der Waals surface area contributed by atoms with Crippen molar-refractivity contribution in [3.63, 3.8) is 0 Å². The molecule has 122 valence electrons. The number of likely N-dealkylation sites (tertiary alicyclic amines) is 1. The van der Waals surface area contributed by atoms with Gasteiger partial charge in [0.2, 0.25) is 5.89 Å². The summed E-state index contributed by atoms with van der Waals surface area (Å²) < 4.78 is 4.97. The van der Waals surface area contributed by atoms with Crippen LogP contribution in [0.15, 0.2) is 9.52 Å². The highest BCUT2D eigenvalue weighted by molar-refractivity contribution is 5.79. The summed E-state index contributed by atoms with van der Waals surface area (Å²) in [6, 6.07) is 1.28. The number of aryl methyl sites for hydroxylation is 1. The highest BCUT2D eigenvalue weighted by Gasteiger charge is 2.30. The molecular formula is C15H26N6O. The Morgan fingerprint density at radius 3 is 2.86 bits per heavy atom. The van der Waals surface area contributed by atoms with E-state index in [0.717, 1.165) is 18.5 Å². The van der Waals surface area contributed by atoms with Gasteiger partial charge in [-0.2, -0.15) is 4.98 Å². The molecule has 0 bridgehead atoms. The van der Waals surface area contributed by atoms with Gasteiger partial charge >= 0.3 is 0 Å². The lowest BCUT2D eigenvalue weighted by Gasteiger charge is -2.24. The molecule has 7 nitrogen and oxygen atoms in total. The topological polar surface area (TPSA) is 78.6 Å². The molecule has 0 radical (unpaired) electrons. The minimum Gasteiger partial charge on any atom is -0.352 e. The lowest BCUT2D eigenvalue weighted by atomic mass is 10.2. The number of aliphatic imine (C=N–C) groups is 1. The fourth-order valence-corrected chi connectivity index (χ4v) is 3.47. The van der Waals surface area contributed by atoms with Gasteiger partial charge in [0.05, 0.1) is 6.54 Å². The maximum atomic E-state index is 4.97. The molecule has 0 aromatic carbocycles. The van der Waals surface area contributed by atoms with Crippen molar-refractivity contribution in [2.45, 2.75) is 57.7 Å². The molecule has 1 atom stereocenters. The third-order valence-electron chi connectivity index (χ3n) is 4.61. The van der Waals surface area contributed by atoms with Gasteiger partial charge in [0.25, 0.3) is 0 Å². The van der Waals surface area contributed by atoms with Crippen molar-refractivity contribution >= 4 is 5.96 Å². The summed E-state index contributed by atoms with van der Waals surface area (Å²) in [5, 5.41) is 10.6. The van der Waals surface area contributed by atoms with E-state index >= 15 is 0 Å². The summed E-state index contributed by atoms with van der Waals surface area (Å²) in [4.78, 5) is 11.1. The SMILES string of the molecule is CN=C(NCc1noc(C)n1)NC1CCN(C2CCCC2)C1. The fourth-order valence-electron chi connectivity index (χ4n) is 3.47. The molecule has 0 spiro atoms. The van der Waals surface area contributed by atoms with E-state index in [-0.39, 0.29) is 0 Å². The Morgan fingerprint density at radius 2 is 2.18 bits per heavy atom. The zero-order valence-corrected chi connectivity index (χ0v) is 13.5. The Labute approximate surface area is 131 Å². The highest BCUT2D eigenvalue weighted by Crippen LogP contribution is 2.26. The average molecular weight is 306 g/mol. The van der Waals surface area contributed by atoms with E-state index in [4.69, 9.17) is 4.52 Å². The largest absolute Gasteiger partial charge is 0.352 e. The minimum absolute atomic E-state index is 0.471. The lowest BCUT2D eigenvalue weighted by molar-refractivity contribution is 0.242. The normalized spacial score (nSPS) is 24.1. The van der Waals surface area contributed by atoms with Crippen LogP contribution in [0.25, 0.3) is 0 Å². The van der Waals surface area contributed by atoms with Gasteiger partial charge in [-0.1, -0.05) is 18.0 Å². The summed E-state index contributed by atoms with van der Waals surface area (Å²) in [7, 11) is 1.79. The van der Waals surface area contributed by atoms with Gasteiger partial charge in [0.1, 0.15) is 0 Å². The molecule has 7 heteroatoms. The summed E-state index contributed by atoms with van der Waals surface area (Å²) in [6.45, 7) is 4.63. The van der Waals surface area contributed by atoms with E-state index in [9.17, 15) is 0 Å². The molecule has 1 unspecified atom stereocenters. The van der Waals surface area contributed by atoms with Crippen molar-refractivity contribution in [3.8, 4) is 0 Å². The third-order valence-corrected chi connectivity index (χ3v) is 4.61. The van der Waals surface area contributed by atoms with Crippen LogP contribution in [0, 0.1) is 6.92 Å². The van der Waals surface area contributed by atoms with Crippen molar-refractivity contribution in [2.75, 3.05) is 20.1 Å². The van der Waals surface area contributed by atoms with Crippen LogP contribution in [0.2, 0.25) is 0 Å². The lowest BCUT2D eigenvalue weighted by Crippen LogP contribution is -2.45. The number of aromatic nitrogens is 2. The number of hydrogen-bond donors (Lipinski definition) is 2. The maximum absolute atomic E-state index is 4.97. The maximum Gasteiger partial charge on any atom is 0.223 e. The van der Waals surface area contributed by atoms with E-state index in [2.05, 4.69) is 30.7 Å². The van der Waals surface area contributed by atoms with E-state index < -0.39 is 0 Å². The van der Waals surface area contributed by atoms with E-state index in [1.807, 2.05) is 0 Å². The number of rotatable bonds is 4. The Bertz CT molecular complexity index is 508. The third kappa shape index (κ3) is 3.76. The van der Waals surface area contributed by atoms with Gasteiger partial charge < -0.3 is 15.2 Å². The molecule has 1 aliphatic carbocycles. The molecule has 22 heavy (non-hydrogen) atoms. The Kier molecular flexibility index (Phi) is 4.92. The van der Waals surface area contributed by atoms with Gasteiger partial charge in [0.15, 0.2) is 11.8 Å². The molecule has 2 heterocycles. The van der Waals surface area contributed by atoms with Crippen LogP contribution in [-0.2, 0) is 6.54 Å². The summed E-state index contributed by atoms with van der Waals surface area (Å²) in [5.41, 5.74) is 0. The monoisotopic (exact) mass is 306 g/mol. The molecule has 2 aliphatic rings. The molecule has 0 amide bonds. The van der Waals surface area contributed by atoms with E-state index in [0.29, 0.717) is 24.3 Å². The summed E-state index contributed by atoms with van der Waals surface area (Å²) >= 11 is 0. The smallest absolute Gasteiger partial charge is 0.223 e. The van der Waals surface area contributed by atoms with Crippen LogP contribution in [-0.4, -0.2) is 53.2 Å². The molecule has 1 aliphatic heterocycles. The van der Waals surface area contributed by atoms with Crippen LogP contribution >= 0.6 is 0 Å². The molecule has 2 fully saturated rings. The van der Waals surface area contributed by atoms with Crippen molar-refractivity contribution in [1.82, 2.24) is 25.7 Å². The average Bonchev–Trinajstić information content (AvgIpc) is 3.24. The first-order valence-electron chi connectivity index (χ1n) is 8.25. The predicted molar refractivity (Wildman–Crippen MR) is 84.6 cm³/mol. The van der Waals surface area contributed by atoms with Crippen LogP contribution in [0.4, 0.5) is 0 Å². The van der Waals surface area contributed by atoms with Crippen LogP contribution in [0.3, 0.4) is 0 Å². The van der Waals surface area contributed by atoms with Gasteiger partial charge in [0, 0.05) is 39.1 Å². The highest BCUT2D eigenvalue weighted by atomic mass is 16.5. The number of hydrogen-bond acceptors (Lipinski definition) is 5. The van der Waals surface area contributed by atoms with Crippen LogP contribution in [0.1, 0.15) is 43.8 Å². The minimum atomic E-state index is 0.471. The van der Waals surface area contributed by atoms with Crippen LogP contribution < -0.4 is 10.6 Å². The Morgan fingerprint density at radius 1 is 1.36 bits per heavy atom. The van der Waals surface area contributed by atoms with Crippen molar-refractivity contribution in [2.24, 2.45) is 4.99 Å². The van der Waals surface area contributed by atoms with Crippen molar-refractivity contribution < 1.29 is 4.52 Å². The summed E-state index contributed by atoms with van der Waals surface area (Å²) in [5.74, 6) is 2.04.